The highest BCUT2D eigenvalue weighted by molar-refractivity contribution is 6.67. The molecule has 0 unspecified atom stereocenters. The summed E-state index contributed by atoms with van der Waals surface area (Å²) in [4.78, 5) is 0. The van der Waals surface area contributed by atoms with Gasteiger partial charge >= 0.3 is 8.56 Å². The Hall–Kier alpha value is -1.62. The minimum atomic E-state index is -2.10. The van der Waals surface area contributed by atoms with Gasteiger partial charge in [-0.1, -0.05) is 57.5 Å². The quantitative estimate of drug-likeness (QED) is 0.349. The summed E-state index contributed by atoms with van der Waals surface area (Å²) in [5, 5.41) is 0. The predicted octanol–water partition coefficient (Wildman–Crippen LogP) is 6.29. The molecule has 0 aliphatic rings. The summed E-state index contributed by atoms with van der Waals surface area (Å²) in [7, 11) is -2.10. The average molecular weight is 359 g/mol. The number of para-hydroxylation sites is 1. The molecule has 0 aromatic heterocycles. The second kappa shape index (κ2) is 10.4. The van der Waals surface area contributed by atoms with Gasteiger partial charge in [0.1, 0.15) is 11.5 Å². The smallest absolute Gasteiger partial charge is 0.337 e. The van der Waals surface area contributed by atoms with Gasteiger partial charge in [-0.05, 0) is 48.3 Å². The maximum Gasteiger partial charge on any atom is 0.337 e. The van der Waals surface area contributed by atoms with E-state index >= 15 is 0 Å². The van der Waals surface area contributed by atoms with Crippen LogP contribution in [0.1, 0.15) is 39.2 Å². The van der Waals surface area contributed by atoms with Gasteiger partial charge in [-0.2, -0.15) is 0 Å². The lowest BCUT2D eigenvalue weighted by Crippen LogP contribution is -2.40. The van der Waals surface area contributed by atoms with Crippen molar-refractivity contribution in [2.24, 2.45) is 0 Å². The van der Waals surface area contributed by atoms with Gasteiger partial charge in [-0.15, -0.1) is 0 Å². The molecule has 0 N–H and O–H groups in total. The normalized spacial score (nSPS) is 11.5. The van der Waals surface area contributed by atoms with Crippen LogP contribution in [0.5, 0.6) is 11.5 Å². The molecule has 2 aromatic rings. The standard InChI is InChI=1S/C21H30O3Si/c1-4-7-16-22-25(5-2,6-3)23-18-19-12-11-15-21(17-19)24-20-13-9-8-10-14-20/h8-15,17H,4-7,16,18H2,1-3H3. The first-order chi connectivity index (χ1) is 12.2. The lowest BCUT2D eigenvalue weighted by atomic mass is 10.2. The lowest BCUT2D eigenvalue weighted by molar-refractivity contribution is 0.159. The summed E-state index contributed by atoms with van der Waals surface area (Å²) in [5.41, 5.74) is 1.12. The van der Waals surface area contributed by atoms with Crippen LogP contribution in [0.3, 0.4) is 0 Å². The molecule has 0 fully saturated rings. The summed E-state index contributed by atoms with van der Waals surface area (Å²) in [5.74, 6) is 1.67. The molecule has 2 rings (SSSR count). The second-order valence-electron chi connectivity index (χ2n) is 6.17. The van der Waals surface area contributed by atoms with Crippen molar-refractivity contribution < 1.29 is 13.6 Å². The van der Waals surface area contributed by atoms with Crippen molar-refractivity contribution in [2.75, 3.05) is 6.61 Å². The van der Waals surface area contributed by atoms with E-state index in [-0.39, 0.29) is 0 Å². The molecule has 0 aliphatic heterocycles. The molecule has 0 atom stereocenters. The van der Waals surface area contributed by atoms with E-state index in [0.717, 1.165) is 48.6 Å². The zero-order valence-electron chi connectivity index (χ0n) is 15.7. The number of unbranched alkanes of at least 4 members (excludes halogenated alkanes) is 1. The highest BCUT2D eigenvalue weighted by atomic mass is 28.4. The highest BCUT2D eigenvalue weighted by Gasteiger charge is 2.33. The van der Waals surface area contributed by atoms with Gasteiger partial charge in [0.25, 0.3) is 0 Å². The van der Waals surface area contributed by atoms with Gasteiger partial charge < -0.3 is 13.6 Å². The summed E-state index contributed by atoms with van der Waals surface area (Å²) < 4.78 is 18.4. The Bertz CT molecular complexity index is 612. The Morgan fingerprint density at radius 1 is 0.800 bits per heavy atom. The SMILES string of the molecule is CCCCO[Si](CC)(CC)OCc1cccc(Oc2ccccc2)c1. The van der Waals surface area contributed by atoms with E-state index in [9.17, 15) is 0 Å². The molecule has 0 radical (unpaired) electrons. The molecule has 0 bridgehead atoms. The Balaban J connectivity index is 1.98. The van der Waals surface area contributed by atoms with Gasteiger partial charge in [-0.25, -0.2) is 0 Å². The Kier molecular flexibility index (Phi) is 8.18. The van der Waals surface area contributed by atoms with Gasteiger partial charge in [0.05, 0.1) is 6.61 Å². The molecule has 136 valence electrons. The summed E-state index contributed by atoms with van der Waals surface area (Å²) in [6, 6.07) is 19.9. The topological polar surface area (TPSA) is 27.7 Å². The molecule has 0 amide bonds. The van der Waals surface area contributed by atoms with E-state index in [1.807, 2.05) is 48.5 Å². The molecule has 0 saturated heterocycles. The molecule has 3 nitrogen and oxygen atoms in total. The number of hydrogen-bond donors (Lipinski definition) is 0. The summed E-state index contributed by atoms with van der Waals surface area (Å²) >= 11 is 0. The molecule has 4 heteroatoms. The fourth-order valence-corrected chi connectivity index (χ4v) is 4.99. The lowest BCUT2D eigenvalue weighted by Gasteiger charge is -2.29. The molecule has 0 spiro atoms. The second-order valence-corrected chi connectivity index (χ2v) is 9.98. The van der Waals surface area contributed by atoms with Crippen LogP contribution >= 0.6 is 0 Å². The summed E-state index contributed by atoms with van der Waals surface area (Å²) in [6.07, 6.45) is 2.25. The maximum absolute atomic E-state index is 6.33. The van der Waals surface area contributed by atoms with Crippen LogP contribution in [0.2, 0.25) is 12.1 Å². The van der Waals surface area contributed by atoms with E-state index in [1.165, 1.54) is 0 Å². The van der Waals surface area contributed by atoms with Crippen LogP contribution in [-0.4, -0.2) is 15.2 Å². The van der Waals surface area contributed by atoms with Crippen molar-refractivity contribution in [3.63, 3.8) is 0 Å². The summed E-state index contributed by atoms with van der Waals surface area (Å²) in [6.45, 7) is 7.92. The van der Waals surface area contributed by atoms with Crippen molar-refractivity contribution in [2.45, 2.75) is 52.3 Å². The Morgan fingerprint density at radius 2 is 1.52 bits per heavy atom. The van der Waals surface area contributed by atoms with E-state index in [2.05, 4.69) is 26.8 Å². The van der Waals surface area contributed by atoms with Crippen molar-refractivity contribution in [3.05, 3.63) is 60.2 Å². The van der Waals surface area contributed by atoms with Crippen LogP contribution in [0.25, 0.3) is 0 Å². The fraction of sp³-hybridized carbons (Fsp3) is 0.429. The molecule has 0 saturated carbocycles. The first-order valence-electron chi connectivity index (χ1n) is 9.31. The molecule has 0 heterocycles. The maximum atomic E-state index is 6.33. The van der Waals surface area contributed by atoms with E-state index in [0.29, 0.717) is 6.61 Å². The fourth-order valence-electron chi connectivity index (χ4n) is 2.64. The molecular formula is C21H30O3Si. The van der Waals surface area contributed by atoms with Gasteiger partial charge in [0, 0.05) is 6.61 Å². The van der Waals surface area contributed by atoms with E-state index in [4.69, 9.17) is 13.6 Å². The first kappa shape index (κ1) is 19.7. The van der Waals surface area contributed by atoms with Gasteiger partial charge in [0.2, 0.25) is 0 Å². The number of rotatable bonds is 11. The molecule has 2 aromatic carbocycles. The average Bonchev–Trinajstić information content (AvgIpc) is 2.66. The number of ether oxygens (including phenoxy) is 1. The minimum Gasteiger partial charge on any atom is -0.457 e. The molecule has 25 heavy (non-hydrogen) atoms. The van der Waals surface area contributed by atoms with Crippen LogP contribution in [0.4, 0.5) is 0 Å². The van der Waals surface area contributed by atoms with Crippen LogP contribution < -0.4 is 4.74 Å². The van der Waals surface area contributed by atoms with Crippen molar-refractivity contribution in [3.8, 4) is 11.5 Å². The van der Waals surface area contributed by atoms with E-state index in [1.54, 1.807) is 0 Å². The van der Waals surface area contributed by atoms with Crippen molar-refractivity contribution in [1.82, 2.24) is 0 Å². The van der Waals surface area contributed by atoms with Crippen molar-refractivity contribution in [1.29, 1.82) is 0 Å². The van der Waals surface area contributed by atoms with Crippen LogP contribution in [0.15, 0.2) is 54.6 Å². The third-order valence-electron chi connectivity index (χ3n) is 4.32. The highest BCUT2D eigenvalue weighted by Crippen LogP contribution is 2.25. The third kappa shape index (κ3) is 6.31. The minimum absolute atomic E-state index is 0.575. The van der Waals surface area contributed by atoms with E-state index < -0.39 is 8.56 Å². The number of benzene rings is 2. The zero-order valence-corrected chi connectivity index (χ0v) is 16.7. The van der Waals surface area contributed by atoms with Crippen LogP contribution in [0, 0.1) is 0 Å². The third-order valence-corrected chi connectivity index (χ3v) is 7.87. The van der Waals surface area contributed by atoms with Gasteiger partial charge in [0.15, 0.2) is 0 Å². The van der Waals surface area contributed by atoms with Gasteiger partial charge in [-0.3, -0.25) is 0 Å². The first-order valence-corrected chi connectivity index (χ1v) is 11.5. The molecule has 0 aliphatic carbocycles. The zero-order chi connectivity index (χ0) is 18.0. The largest absolute Gasteiger partial charge is 0.457 e. The van der Waals surface area contributed by atoms with Crippen molar-refractivity contribution >= 4 is 8.56 Å². The molecular weight excluding hydrogens is 328 g/mol. The monoisotopic (exact) mass is 358 g/mol. The van der Waals surface area contributed by atoms with Crippen LogP contribution in [-0.2, 0) is 15.5 Å². The Labute approximate surface area is 153 Å². The number of hydrogen-bond acceptors (Lipinski definition) is 3. The Morgan fingerprint density at radius 3 is 2.20 bits per heavy atom. The predicted molar refractivity (Wildman–Crippen MR) is 105 cm³/mol.